The molecule has 4 heterocycles. The average molecular weight is 382 g/mol. The van der Waals surface area contributed by atoms with Crippen LogP contribution in [0.2, 0.25) is 0 Å². The van der Waals surface area contributed by atoms with Gasteiger partial charge in [-0.05, 0) is 25.0 Å². The van der Waals surface area contributed by atoms with Gasteiger partial charge in [0, 0.05) is 58.6 Å². The van der Waals surface area contributed by atoms with Crippen molar-refractivity contribution in [2.24, 2.45) is 0 Å². The van der Waals surface area contributed by atoms with Crippen LogP contribution < -0.4 is 14.5 Å². The Labute approximate surface area is 165 Å². The first-order valence-corrected chi connectivity index (χ1v) is 9.77. The van der Waals surface area contributed by atoms with Crippen LogP contribution >= 0.6 is 0 Å². The van der Waals surface area contributed by atoms with E-state index in [9.17, 15) is 4.79 Å². The fourth-order valence-corrected chi connectivity index (χ4v) is 3.62. The topological polar surface area (TPSA) is 74.7 Å². The number of pyridine rings is 1. The summed E-state index contributed by atoms with van der Waals surface area (Å²) in [5, 5.41) is 0. The van der Waals surface area contributed by atoms with Crippen LogP contribution in [0.4, 0.5) is 11.8 Å². The maximum absolute atomic E-state index is 12.4. The lowest BCUT2D eigenvalue weighted by atomic mass is 10.2. The lowest BCUT2D eigenvalue weighted by Crippen LogP contribution is -2.28. The van der Waals surface area contributed by atoms with Gasteiger partial charge < -0.3 is 19.4 Å². The molecule has 0 aliphatic carbocycles. The van der Waals surface area contributed by atoms with Crippen molar-refractivity contribution < 1.29 is 9.53 Å². The molecule has 4 rings (SSSR count). The van der Waals surface area contributed by atoms with Gasteiger partial charge in [0.25, 0.3) is 5.91 Å². The maximum Gasteiger partial charge on any atom is 0.255 e. The highest BCUT2D eigenvalue weighted by Gasteiger charge is 2.26. The largest absolute Gasteiger partial charge is 0.472 e. The van der Waals surface area contributed by atoms with E-state index >= 15 is 0 Å². The fourth-order valence-electron chi connectivity index (χ4n) is 3.62. The zero-order valence-corrected chi connectivity index (χ0v) is 16.4. The van der Waals surface area contributed by atoms with E-state index in [1.807, 2.05) is 36.0 Å². The number of anilines is 2. The number of nitrogens with zero attached hydrogens (tertiary/aromatic N) is 6. The van der Waals surface area contributed by atoms with Gasteiger partial charge in [-0.15, -0.1) is 0 Å². The molecule has 2 aromatic rings. The lowest BCUT2D eigenvalue weighted by Gasteiger charge is -2.19. The van der Waals surface area contributed by atoms with E-state index in [0.29, 0.717) is 17.4 Å². The summed E-state index contributed by atoms with van der Waals surface area (Å²) in [7, 11) is 3.81. The minimum Gasteiger partial charge on any atom is -0.472 e. The summed E-state index contributed by atoms with van der Waals surface area (Å²) in [6.07, 6.45) is 6.54. The summed E-state index contributed by atoms with van der Waals surface area (Å²) in [5.41, 5.74) is 0.662. The monoisotopic (exact) mass is 382 g/mol. The SMILES string of the molecule is CN(C)c1nccc(OC2CCN(c3ccc(C(=O)N4CCCC4)cn3)C2)n1. The van der Waals surface area contributed by atoms with Gasteiger partial charge in [-0.25, -0.2) is 9.97 Å². The van der Waals surface area contributed by atoms with Crippen molar-refractivity contribution in [2.45, 2.75) is 25.4 Å². The number of carbonyl (C=O) groups is 1. The number of rotatable bonds is 5. The first-order valence-electron chi connectivity index (χ1n) is 9.77. The highest BCUT2D eigenvalue weighted by Crippen LogP contribution is 2.22. The third-order valence-electron chi connectivity index (χ3n) is 5.16. The molecule has 0 bridgehead atoms. The van der Waals surface area contributed by atoms with Crippen molar-refractivity contribution in [1.29, 1.82) is 0 Å². The molecular formula is C20H26N6O2. The number of aromatic nitrogens is 3. The van der Waals surface area contributed by atoms with Crippen molar-refractivity contribution in [1.82, 2.24) is 19.9 Å². The first-order chi connectivity index (χ1) is 13.6. The Bertz CT molecular complexity index is 820. The molecule has 0 N–H and O–H groups in total. The second kappa shape index (κ2) is 8.00. The molecular weight excluding hydrogens is 356 g/mol. The highest BCUT2D eigenvalue weighted by atomic mass is 16.5. The molecule has 1 atom stereocenters. The molecule has 1 amide bonds. The van der Waals surface area contributed by atoms with Gasteiger partial charge in [0.2, 0.25) is 11.8 Å². The van der Waals surface area contributed by atoms with Crippen molar-refractivity contribution in [3.8, 4) is 5.88 Å². The summed E-state index contributed by atoms with van der Waals surface area (Å²) in [5.74, 6) is 2.18. The van der Waals surface area contributed by atoms with Gasteiger partial charge in [0.15, 0.2) is 0 Å². The second-order valence-electron chi connectivity index (χ2n) is 7.47. The molecule has 1 unspecified atom stereocenters. The van der Waals surface area contributed by atoms with E-state index < -0.39 is 0 Å². The summed E-state index contributed by atoms with van der Waals surface area (Å²) in [6.45, 7) is 3.31. The Morgan fingerprint density at radius 2 is 1.96 bits per heavy atom. The van der Waals surface area contributed by atoms with Crippen LogP contribution in [-0.4, -0.2) is 72.1 Å². The van der Waals surface area contributed by atoms with E-state index in [1.54, 1.807) is 18.5 Å². The summed E-state index contributed by atoms with van der Waals surface area (Å²) < 4.78 is 6.04. The molecule has 0 aromatic carbocycles. The maximum atomic E-state index is 12.4. The number of hydrogen-bond acceptors (Lipinski definition) is 7. The zero-order chi connectivity index (χ0) is 19.5. The predicted octanol–water partition coefficient (Wildman–Crippen LogP) is 1.83. The smallest absolute Gasteiger partial charge is 0.255 e. The van der Waals surface area contributed by atoms with E-state index in [-0.39, 0.29) is 12.0 Å². The summed E-state index contributed by atoms with van der Waals surface area (Å²) >= 11 is 0. The number of hydrogen-bond donors (Lipinski definition) is 0. The van der Waals surface area contributed by atoms with Crippen molar-refractivity contribution >= 4 is 17.7 Å². The Kier molecular flexibility index (Phi) is 5.27. The predicted molar refractivity (Wildman–Crippen MR) is 107 cm³/mol. The highest BCUT2D eigenvalue weighted by molar-refractivity contribution is 5.94. The van der Waals surface area contributed by atoms with Crippen LogP contribution in [-0.2, 0) is 0 Å². The number of amides is 1. The van der Waals surface area contributed by atoms with E-state index in [1.165, 1.54) is 0 Å². The normalized spacial score (nSPS) is 19.1. The Hall–Kier alpha value is -2.90. The number of likely N-dealkylation sites (tertiary alicyclic amines) is 1. The molecule has 0 saturated carbocycles. The number of carbonyl (C=O) groups excluding carboxylic acids is 1. The third-order valence-corrected chi connectivity index (χ3v) is 5.16. The van der Waals surface area contributed by atoms with Crippen LogP contribution in [0.15, 0.2) is 30.6 Å². The van der Waals surface area contributed by atoms with Crippen LogP contribution in [0.5, 0.6) is 5.88 Å². The average Bonchev–Trinajstić information content (AvgIpc) is 3.40. The van der Waals surface area contributed by atoms with Crippen LogP contribution in [0.3, 0.4) is 0 Å². The quantitative estimate of drug-likeness (QED) is 0.781. The molecule has 2 fully saturated rings. The van der Waals surface area contributed by atoms with Crippen LogP contribution in [0.1, 0.15) is 29.6 Å². The zero-order valence-electron chi connectivity index (χ0n) is 16.4. The van der Waals surface area contributed by atoms with Crippen molar-refractivity contribution in [3.63, 3.8) is 0 Å². The fraction of sp³-hybridized carbons (Fsp3) is 0.500. The molecule has 0 spiro atoms. The Morgan fingerprint density at radius 1 is 1.14 bits per heavy atom. The van der Waals surface area contributed by atoms with Crippen LogP contribution in [0.25, 0.3) is 0 Å². The van der Waals surface area contributed by atoms with Gasteiger partial charge >= 0.3 is 0 Å². The third kappa shape index (κ3) is 4.00. The molecule has 2 saturated heterocycles. The molecule has 2 aromatic heterocycles. The van der Waals surface area contributed by atoms with Crippen LogP contribution in [0, 0.1) is 0 Å². The second-order valence-corrected chi connectivity index (χ2v) is 7.47. The minimum absolute atomic E-state index is 0.0534. The molecule has 2 aliphatic rings. The molecule has 148 valence electrons. The van der Waals surface area contributed by atoms with Gasteiger partial charge in [0.05, 0.1) is 12.1 Å². The van der Waals surface area contributed by atoms with E-state index in [2.05, 4.69) is 19.9 Å². The van der Waals surface area contributed by atoms with Gasteiger partial charge in [-0.1, -0.05) is 0 Å². The van der Waals surface area contributed by atoms with E-state index in [4.69, 9.17) is 4.74 Å². The minimum atomic E-state index is 0.0534. The molecule has 2 aliphatic heterocycles. The van der Waals surface area contributed by atoms with Gasteiger partial charge in [-0.3, -0.25) is 4.79 Å². The molecule has 0 radical (unpaired) electrons. The van der Waals surface area contributed by atoms with E-state index in [0.717, 1.165) is 51.3 Å². The van der Waals surface area contributed by atoms with Crippen molar-refractivity contribution in [3.05, 3.63) is 36.2 Å². The van der Waals surface area contributed by atoms with Crippen molar-refractivity contribution in [2.75, 3.05) is 50.1 Å². The first kappa shape index (κ1) is 18.5. The lowest BCUT2D eigenvalue weighted by molar-refractivity contribution is 0.0792. The molecule has 8 heteroatoms. The Morgan fingerprint density at radius 3 is 2.68 bits per heavy atom. The standard InChI is InChI=1S/C20H26N6O2/c1-24(2)20-21-9-7-18(23-20)28-16-8-12-26(14-16)17-6-5-15(13-22-17)19(27)25-10-3-4-11-25/h5-7,9,13,16H,3-4,8,10-12,14H2,1-2H3. The summed E-state index contributed by atoms with van der Waals surface area (Å²) in [4.78, 5) is 31.5. The summed E-state index contributed by atoms with van der Waals surface area (Å²) in [6, 6.07) is 5.60. The number of ether oxygens (including phenoxy) is 1. The van der Waals surface area contributed by atoms with Gasteiger partial charge in [-0.2, -0.15) is 4.98 Å². The Balaban J connectivity index is 1.36. The van der Waals surface area contributed by atoms with Gasteiger partial charge in [0.1, 0.15) is 11.9 Å². The molecule has 8 nitrogen and oxygen atoms in total. The molecule has 28 heavy (non-hydrogen) atoms.